The van der Waals surface area contributed by atoms with Crippen LogP contribution in [0.15, 0.2) is 58.5 Å². The number of hydrogen-bond donors (Lipinski definition) is 0. The third kappa shape index (κ3) is 4.32. The first-order valence-corrected chi connectivity index (χ1v) is 8.82. The molecule has 0 atom stereocenters. The van der Waals surface area contributed by atoms with Gasteiger partial charge < -0.3 is 4.74 Å². The minimum absolute atomic E-state index is 0.542. The zero-order valence-electron chi connectivity index (χ0n) is 12.2. The average molecular weight is 328 g/mol. The molecule has 2 aromatic heterocycles. The highest BCUT2D eigenvalue weighted by Crippen LogP contribution is 2.26. The summed E-state index contributed by atoms with van der Waals surface area (Å²) in [5.74, 6) is 1.80. The third-order valence-corrected chi connectivity index (χ3v) is 5.22. The lowest BCUT2D eigenvalue weighted by molar-refractivity contribution is 0.305. The molecule has 3 rings (SSSR count). The highest BCUT2D eigenvalue weighted by atomic mass is 32.2. The standard InChI is InChI=1S/C17H16N2OS2/c1-13-11-21-17(19-13)22-12-14-4-6-16(7-5-14)20-10-15-3-2-8-18-9-15/h2-9,11H,10,12H2,1H3. The Hall–Kier alpha value is -1.85. The molecule has 0 saturated heterocycles. The number of nitrogens with zero attached hydrogens (tertiary/aromatic N) is 2. The molecule has 3 nitrogen and oxygen atoms in total. The van der Waals surface area contributed by atoms with Crippen LogP contribution in [-0.4, -0.2) is 9.97 Å². The summed E-state index contributed by atoms with van der Waals surface area (Å²) < 4.78 is 6.88. The topological polar surface area (TPSA) is 35.0 Å². The Bertz CT molecular complexity index is 711. The quantitative estimate of drug-likeness (QED) is 0.613. The first kappa shape index (κ1) is 15.1. The van der Waals surface area contributed by atoms with Gasteiger partial charge in [-0.05, 0) is 30.7 Å². The predicted molar refractivity (Wildman–Crippen MR) is 91.4 cm³/mol. The van der Waals surface area contributed by atoms with E-state index in [-0.39, 0.29) is 0 Å². The second-order valence-corrected chi connectivity index (χ2v) is 6.92. The van der Waals surface area contributed by atoms with Crippen LogP contribution in [0.4, 0.5) is 0 Å². The van der Waals surface area contributed by atoms with Crippen molar-refractivity contribution in [3.63, 3.8) is 0 Å². The number of thioether (sulfide) groups is 1. The summed E-state index contributed by atoms with van der Waals surface area (Å²) in [5, 5.41) is 2.08. The van der Waals surface area contributed by atoms with Gasteiger partial charge in [0.2, 0.25) is 0 Å². The molecule has 0 saturated carbocycles. The van der Waals surface area contributed by atoms with Crippen molar-refractivity contribution in [2.75, 3.05) is 0 Å². The maximum Gasteiger partial charge on any atom is 0.150 e. The van der Waals surface area contributed by atoms with E-state index in [4.69, 9.17) is 4.74 Å². The lowest BCUT2D eigenvalue weighted by Crippen LogP contribution is -1.95. The molecule has 0 spiro atoms. The molecule has 22 heavy (non-hydrogen) atoms. The highest BCUT2D eigenvalue weighted by Gasteiger charge is 2.01. The largest absolute Gasteiger partial charge is 0.489 e. The van der Waals surface area contributed by atoms with Crippen molar-refractivity contribution in [2.24, 2.45) is 0 Å². The van der Waals surface area contributed by atoms with E-state index in [9.17, 15) is 0 Å². The summed E-state index contributed by atoms with van der Waals surface area (Å²) in [7, 11) is 0. The molecule has 112 valence electrons. The molecule has 1 aromatic carbocycles. The molecule has 0 aliphatic carbocycles. The summed E-state index contributed by atoms with van der Waals surface area (Å²) in [6, 6.07) is 12.2. The number of aromatic nitrogens is 2. The fourth-order valence-electron chi connectivity index (χ4n) is 1.88. The molecule has 3 aromatic rings. The Balaban J connectivity index is 1.51. The van der Waals surface area contributed by atoms with Crippen LogP contribution in [0.5, 0.6) is 5.75 Å². The maximum atomic E-state index is 5.76. The van der Waals surface area contributed by atoms with Gasteiger partial charge in [0.15, 0.2) is 0 Å². The molecular formula is C17H16N2OS2. The van der Waals surface area contributed by atoms with Crippen molar-refractivity contribution >= 4 is 23.1 Å². The van der Waals surface area contributed by atoms with Crippen molar-refractivity contribution in [2.45, 2.75) is 23.6 Å². The van der Waals surface area contributed by atoms with E-state index in [0.29, 0.717) is 6.61 Å². The first-order chi connectivity index (χ1) is 10.8. The molecule has 0 bridgehead atoms. The van der Waals surface area contributed by atoms with Crippen molar-refractivity contribution in [1.29, 1.82) is 0 Å². The highest BCUT2D eigenvalue weighted by molar-refractivity contribution is 8.00. The molecule has 0 radical (unpaired) electrons. The van der Waals surface area contributed by atoms with E-state index in [1.165, 1.54) is 5.56 Å². The zero-order chi connectivity index (χ0) is 15.2. The number of thiazole rings is 1. The van der Waals surface area contributed by atoms with Gasteiger partial charge >= 0.3 is 0 Å². The molecule has 0 fully saturated rings. The molecule has 5 heteroatoms. The second-order valence-electron chi connectivity index (χ2n) is 4.84. The van der Waals surface area contributed by atoms with Gasteiger partial charge in [-0.15, -0.1) is 11.3 Å². The Morgan fingerprint density at radius 2 is 2.00 bits per heavy atom. The SMILES string of the molecule is Cc1csc(SCc2ccc(OCc3cccnc3)cc2)n1. The van der Waals surface area contributed by atoms with E-state index in [1.54, 1.807) is 29.3 Å². The lowest BCUT2D eigenvalue weighted by atomic mass is 10.2. The second kappa shape index (κ2) is 7.42. The number of aryl methyl sites for hydroxylation is 1. The number of hydrogen-bond acceptors (Lipinski definition) is 5. The summed E-state index contributed by atoms with van der Waals surface area (Å²) in [4.78, 5) is 8.54. The Morgan fingerprint density at radius 1 is 1.14 bits per heavy atom. The number of rotatable bonds is 6. The fraction of sp³-hybridized carbons (Fsp3) is 0.176. The lowest BCUT2D eigenvalue weighted by Gasteiger charge is -2.07. The van der Waals surface area contributed by atoms with Crippen molar-refractivity contribution in [3.8, 4) is 5.75 Å². The maximum absolute atomic E-state index is 5.76. The summed E-state index contributed by atoms with van der Waals surface area (Å²) >= 11 is 3.47. The molecule has 0 aliphatic rings. The molecule has 0 amide bonds. The number of benzene rings is 1. The first-order valence-electron chi connectivity index (χ1n) is 6.95. The van der Waals surface area contributed by atoms with Crippen LogP contribution in [0.2, 0.25) is 0 Å². The molecule has 2 heterocycles. The van der Waals surface area contributed by atoms with Crippen molar-refractivity contribution in [3.05, 3.63) is 71.0 Å². The van der Waals surface area contributed by atoms with Gasteiger partial charge in [0.05, 0.1) is 0 Å². The van der Waals surface area contributed by atoms with Gasteiger partial charge in [-0.2, -0.15) is 0 Å². The molecule has 0 aliphatic heterocycles. The fourth-order valence-corrected chi connectivity index (χ4v) is 3.68. The smallest absolute Gasteiger partial charge is 0.150 e. The van der Waals surface area contributed by atoms with Crippen molar-refractivity contribution < 1.29 is 4.74 Å². The summed E-state index contributed by atoms with van der Waals surface area (Å²) in [6.45, 7) is 2.56. The van der Waals surface area contributed by atoms with Crippen LogP contribution in [0, 0.1) is 6.92 Å². The van der Waals surface area contributed by atoms with Crippen LogP contribution in [-0.2, 0) is 12.4 Å². The van der Waals surface area contributed by atoms with E-state index in [0.717, 1.165) is 27.1 Å². The van der Waals surface area contributed by atoms with E-state index in [1.807, 2.05) is 37.4 Å². The van der Waals surface area contributed by atoms with E-state index in [2.05, 4.69) is 27.5 Å². The third-order valence-electron chi connectivity index (χ3n) is 3.01. The Labute approximate surface area is 138 Å². The van der Waals surface area contributed by atoms with Gasteiger partial charge in [0, 0.05) is 34.8 Å². The Morgan fingerprint density at radius 3 is 2.68 bits per heavy atom. The van der Waals surface area contributed by atoms with E-state index >= 15 is 0 Å². The summed E-state index contributed by atoms with van der Waals surface area (Å²) in [5.41, 5.74) is 3.43. The zero-order valence-corrected chi connectivity index (χ0v) is 13.9. The van der Waals surface area contributed by atoms with Crippen LogP contribution in [0.1, 0.15) is 16.8 Å². The van der Waals surface area contributed by atoms with Crippen molar-refractivity contribution in [1.82, 2.24) is 9.97 Å². The average Bonchev–Trinajstić information content (AvgIpc) is 2.98. The summed E-state index contributed by atoms with van der Waals surface area (Å²) in [6.07, 6.45) is 3.58. The molecular weight excluding hydrogens is 312 g/mol. The van der Waals surface area contributed by atoms with Gasteiger partial charge in [-0.25, -0.2) is 4.98 Å². The van der Waals surface area contributed by atoms with Gasteiger partial charge in [-0.3, -0.25) is 4.98 Å². The normalized spacial score (nSPS) is 10.6. The number of pyridine rings is 1. The monoisotopic (exact) mass is 328 g/mol. The van der Waals surface area contributed by atoms with Crippen LogP contribution in [0.3, 0.4) is 0 Å². The molecule has 0 N–H and O–H groups in total. The minimum Gasteiger partial charge on any atom is -0.489 e. The van der Waals surface area contributed by atoms with E-state index < -0.39 is 0 Å². The molecule has 0 unspecified atom stereocenters. The van der Waals surface area contributed by atoms with Crippen LogP contribution < -0.4 is 4.74 Å². The van der Waals surface area contributed by atoms with Gasteiger partial charge in [-0.1, -0.05) is 30.0 Å². The predicted octanol–water partition coefficient (Wildman–Crippen LogP) is 4.72. The van der Waals surface area contributed by atoms with Crippen LogP contribution >= 0.6 is 23.1 Å². The Kier molecular flexibility index (Phi) is 5.08. The minimum atomic E-state index is 0.542. The number of ether oxygens (including phenoxy) is 1. The van der Waals surface area contributed by atoms with Gasteiger partial charge in [0.1, 0.15) is 16.7 Å². The van der Waals surface area contributed by atoms with Crippen LogP contribution in [0.25, 0.3) is 0 Å². The van der Waals surface area contributed by atoms with Gasteiger partial charge in [0.25, 0.3) is 0 Å².